The van der Waals surface area contributed by atoms with Crippen molar-refractivity contribution >= 4 is 17.6 Å². The van der Waals surface area contributed by atoms with Gasteiger partial charge >= 0.3 is 6.03 Å². The molecular formula is C19H29N3O2. The van der Waals surface area contributed by atoms with E-state index in [1.807, 2.05) is 11.8 Å². The van der Waals surface area contributed by atoms with Gasteiger partial charge in [-0.25, -0.2) is 4.79 Å². The van der Waals surface area contributed by atoms with Crippen LogP contribution in [0.1, 0.15) is 54.9 Å². The zero-order valence-corrected chi connectivity index (χ0v) is 15.0. The fraction of sp³-hybridized carbons (Fsp3) is 0.579. The summed E-state index contributed by atoms with van der Waals surface area (Å²) in [4.78, 5) is 26.1. The van der Waals surface area contributed by atoms with Crippen molar-refractivity contribution in [1.82, 2.24) is 10.2 Å². The first-order valence-corrected chi connectivity index (χ1v) is 8.93. The van der Waals surface area contributed by atoms with E-state index in [9.17, 15) is 9.59 Å². The van der Waals surface area contributed by atoms with Gasteiger partial charge in [0, 0.05) is 31.4 Å². The van der Waals surface area contributed by atoms with Gasteiger partial charge in [-0.15, -0.1) is 0 Å². The maximum absolute atomic E-state index is 12.5. The summed E-state index contributed by atoms with van der Waals surface area (Å²) in [7, 11) is 1.61. The molecule has 1 atom stereocenters. The molecule has 2 rings (SSSR count). The average Bonchev–Trinajstić information content (AvgIpc) is 2.82. The number of rotatable bonds is 4. The average molecular weight is 331 g/mol. The van der Waals surface area contributed by atoms with Crippen molar-refractivity contribution in [3.8, 4) is 0 Å². The zero-order chi connectivity index (χ0) is 17.5. The van der Waals surface area contributed by atoms with E-state index >= 15 is 0 Å². The van der Waals surface area contributed by atoms with Gasteiger partial charge in [0.15, 0.2) is 0 Å². The molecular weight excluding hydrogens is 302 g/mol. The van der Waals surface area contributed by atoms with E-state index in [-0.39, 0.29) is 11.9 Å². The minimum atomic E-state index is -0.120. The second-order valence-electron chi connectivity index (χ2n) is 6.61. The summed E-state index contributed by atoms with van der Waals surface area (Å²) in [6.07, 6.45) is 5.86. The van der Waals surface area contributed by atoms with E-state index in [1.165, 1.54) is 19.3 Å². The zero-order valence-electron chi connectivity index (χ0n) is 15.0. The highest BCUT2D eigenvalue weighted by Crippen LogP contribution is 2.23. The molecule has 0 aromatic heterocycles. The molecule has 1 aromatic rings. The van der Waals surface area contributed by atoms with Gasteiger partial charge in [0.05, 0.1) is 0 Å². The van der Waals surface area contributed by atoms with Crippen LogP contribution in [0.5, 0.6) is 0 Å². The second-order valence-corrected chi connectivity index (χ2v) is 6.61. The van der Waals surface area contributed by atoms with Gasteiger partial charge in [0.25, 0.3) is 5.91 Å². The van der Waals surface area contributed by atoms with Gasteiger partial charge in [-0.2, -0.15) is 0 Å². The Balaban J connectivity index is 1.98. The number of hydrogen-bond acceptors (Lipinski definition) is 2. The van der Waals surface area contributed by atoms with Gasteiger partial charge in [-0.3, -0.25) is 4.79 Å². The Morgan fingerprint density at radius 2 is 2.04 bits per heavy atom. The number of carbonyl (C=O) groups is 2. The van der Waals surface area contributed by atoms with Gasteiger partial charge in [0.2, 0.25) is 0 Å². The Hall–Kier alpha value is -2.04. The summed E-state index contributed by atoms with van der Waals surface area (Å²) in [6, 6.07) is 5.30. The third-order valence-corrected chi connectivity index (χ3v) is 4.79. The number of anilines is 1. The Bertz CT molecular complexity index is 586. The molecule has 1 aliphatic heterocycles. The van der Waals surface area contributed by atoms with Crippen molar-refractivity contribution in [2.24, 2.45) is 5.92 Å². The SMILES string of the molecule is CCC[C@@H]1CCCN(C(=O)Nc2ccc(C(=O)NC)cc2C)CC1. The predicted octanol–water partition coefficient (Wildman–Crippen LogP) is 3.79. The quantitative estimate of drug-likeness (QED) is 0.882. The van der Waals surface area contributed by atoms with E-state index < -0.39 is 0 Å². The lowest BCUT2D eigenvalue weighted by Gasteiger charge is -2.22. The third-order valence-electron chi connectivity index (χ3n) is 4.79. The maximum atomic E-state index is 12.5. The number of likely N-dealkylation sites (tertiary alicyclic amines) is 1. The molecule has 5 heteroatoms. The molecule has 0 unspecified atom stereocenters. The molecule has 0 bridgehead atoms. The van der Waals surface area contributed by atoms with Crippen molar-refractivity contribution in [2.45, 2.75) is 46.0 Å². The molecule has 3 amide bonds. The molecule has 1 aromatic carbocycles. The summed E-state index contributed by atoms with van der Waals surface area (Å²) >= 11 is 0. The van der Waals surface area contributed by atoms with E-state index in [2.05, 4.69) is 17.6 Å². The van der Waals surface area contributed by atoms with Crippen LogP contribution < -0.4 is 10.6 Å². The Labute approximate surface area is 144 Å². The predicted molar refractivity (Wildman–Crippen MR) is 97.4 cm³/mol. The maximum Gasteiger partial charge on any atom is 0.321 e. The van der Waals surface area contributed by atoms with Crippen LogP contribution in [0.25, 0.3) is 0 Å². The number of benzene rings is 1. The summed E-state index contributed by atoms with van der Waals surface area (Å²) in [5, 5.41) is 5.60. The van der Waals surface area contributed by atoms with Crippen LogP contribution >= 0.6 is 0 Å². The fourth-order valence-electron chi connectivity index (χ4n) is 3.35. The summed E-state index contributed by atoms with van der Waals surface area (Å²) < 4.78 is 0. The number of amides is 3. The topological polar surface area (TPSA) is 61.4 Å². The highest BCUT2D eigenvalue weighted by Gasteiger charge is 2.20. The molecule has 0 saturated carbocycles. The van der Waals surface area contributed by atoms with Crippen molar-refractivity contribution in [3.63, 3.8) is 0 Å². The summed E-state index contributed by atoms with van der Waals surface area (Å²) in [5.74, 6) is 0.631. The van der Waals surface area contributed by atoms with Crippen LogP contribution in [-0.4, -0.2) is 37.0 Å². The van der Waals surface area contributed by atoms with E-state index in [1.54, 1.807) is 25.2 Å². The molecule has 2 N–H and O–H groups in total. The number of aryl methyl sites for hydroxylation is 1. The minimum absolute atomic E-state index is 0.0389. The first kappa shape index (κ1) is 18.3. The highest BCUT2D eigenvalue weighted by molar-refractivity contribution is 5.96. The molecule has 1 fully saturated rings. The third kappa shape index (κ3) is 4.73. The van der Waals surface area contributed by atoms with Crippen LogP contribution in [0.4, 0.5) is 10.5 Å². The Morgan fingerprint density at radius 1 is 1.25 bits per heavy atom. The minimum Gasteiger partial charge on any atom is -0.355 e. The van der Waals surface area contributed by atoms with Gasteiger partial charge in [-0.05, 0) is 55.9 Å². The van der Waals surface area contributed by atoms with Crippen LogP contribution in [0, 0.1) is 12.8 Å². The summed E-state index contributed by atoms with van der Waals surface area (Å²) in [5.41, 5.74) is 2.26. The molecule has 132 valence electrons. The van der Waals surface area contributed by atoms with Crippen molar-refractivity contribution in [1.29, 1.82) is 0 Å². The van der Waals surface area contributed by atoms with E-state index in [0.717, 1.165) is 43.1 Å². The molecule has 24 heavy (non-hydrogen) atoms. The number of urea groups is 1. The fourth-order valence-corrected chi connectivity index (χ4v) is 3.35. The molecule has 1 aliphatic rings. The number of nitrogens with one attached hydrogen (secondary N) is 2. The highest BCUT2D eigenvalue weighted by atomic mass is 16.2. The largest absolute Gasteiger partial charge is 0.355 e. The molecule has 1 heterocycles. The van der Waals surface area contributed by atoms with Crippen molar-refractivity contribution in [2.75, 3.05) is 25.5 Å². The molecule has 5 nitrogen and oxygen atoms in total. The normalized spacial score (nSPS) is 18.0. The lowest BCUT2D eigenvalue weighted by atomic mass is 9.96. The summed E-state index contributed by atoms with van der Waals surface area (Å²) in [6.45, 7) is 5.77. The van der Waals surface area contributed by atoms with Gasteiger partial charge in [0.1, 0.15) is 0 Å². The van der Waals surface area contributed by atoms with E-state index in [4.69, 9.17) is 0 Å². The number of carbonyl (C=O) groups excluding carboxylic acids is 2. The number of nitrogens with zero attached hydrogens (tertiary/aromatic N) is 1. The van der Waals surface area contributed by atoms with Crippen LogP contribution in [0.2, 0.25) is 0 Å². The van der Waals surface area contributed by atoms with Gasteiger partial charge in [-0.1, -0.05) is 19.8 Å². The molecule has 0 spiro atoms. The van der Waals surface area contributed by atoms with E-state index in [0.29, 0.717) is 5.56 Å². The molecule has 0 radical (unpaired) electrons. The van der Waals surface area contributed by atoms with Crippen LogP contribution in [0.3, 0.4) is 0 Å². The van der Waals surface area contributed by atoms with Crippen LogP contribution in [-0.2, 0) is 0 Å². The first-order chi connectivity index (χ1) is 11.5. The first-order valence-electron chi connectivity index (χ1n) is 8.93. The lowest BCUT2D eigenvalue weighted by molar-refractivity contribution is 0.0963. The Kier molecular flexibility index (Phi) is 6.64. The second kappa shape index (κ2) is 8.71. The molecule has 1 saturated heterocycles. The standard InChI is InChI=1S/C19H29N3O2/c1-4-6-15-7-5-11-22(12-10-15)19(24)21-17-9-8-16(13-14(17)2)18(23)20-3/h8-9,13,15H,4-7,10-12H2,1-3H3,(H,20,23)(H,21,24)/t15-/m1/s1. The molecule has 0 aliphatic carbocycles. The van der Waals surface area contributed by atoms with Crippen LogP contribution in [0.15, 0.2) is 18.2 Å². The Morgan fingerprint density at radius 3 is 2.71 bits per heavy atom. The lowest BCUT2D eigenvalue weighted by Crippen LogP contribution is -2.36. The monoisotopic (exact) mass is 331 g/mol. The van der Waals surface area contributed by atoms with Crippen molar-refractivity contribution in [3.05, 3.63) is 29.3 Å². The van der Waals surface area contributed by atoms with Crippen molar-refractivity contribution < 1.29 is 9.59 Å². The number of hydrogen-bond donors (Lipinski definition) is 2. The smallest absolute Gasteiger partial charge is 0.321 e. The van der Waals surface area contributed by atoms with Gasteiger partial charge < -0.3 is 15.5 Å².